The fourth-order valence-electron chi connectivity index (χ4n) is 2.26. The van der Waals surface area contributed by atoms with Crippen LogP contribution < -0.4 is 11.1 Å². The average Bonchev–Trinajstić information content (AvgIpc) is 2.78. The van der Waals surface area contributed by atoms with E-state index in [1.54, 1.807) is 0 Å². The van der Waals surface area contributed by atoms with Crippen molar-refractivity contribution in [2.45, 2.75) is 25.3 Å². The summed E-state index contributed by atoms with van der Waals surface area (Å²) in [6.45, 7) is 0. The van der Waals surface area contributed by atoms with Crippen molar-refractivity contribution in [2.24, 2.45) is 11.7 Å². The molecule has 1 amide bonds. The first-order valence-electron chi connectivity index (χ1n) is 5.99. The van der Waals surface area contributed by atoms with Gasteiger partial charge in [0.05, 0.1) is 16.5 Å². The number of carbonyl (C=O) groups excluding carboxylic acids is 1. The van der Waals surface area contributed by atoms with Gasteiger partial charge in [-0.25, -0.2) is 4.39 Å². The molecule has 1 aromatic rings. The number of amides is 1. The van der Waals surface area contributed by atoms with Crippen LogP contribution in [0.3, 0.4) is 0 Å². The number of hydrogen-bond donors (Lipinski definition) is 2. The number of nitrogens with one attached hydrogen (secondary N) is 1. The Kier molecular flexibility index (Phi) is 3.75. The Balaban J connectivity index is 2.16. The lowest BCUT2D eigenvalue weighted by molar-refractivity contribution is -0.384. The van der Waals surface area contributed by atoms with Crippen LogP contribution in [0, 0.1) is 21.8 Å². The number of carbonyl (C=O) groups is 1. The van der Waals surface area contributed by atoms with Gasteiger partial charge in [0.15, 0.2) is 0 Å². The molecule has 2 atom stereocenters. The molecule has 1 aliphatic rings. The summed E-state index contributed by atoms with van der Waals surface area (Å²) in [5.74, 6) is -1.45. The van der Waals surface area contributed by atoms with Crippen LogP contribution in [0.1, 0.15) is 19.3 Å². The largest absolute Gasteiger partial charge is 0.327 e. The number of nitrogens with zero attached hydrogens (tertiary/aromatic N) is 1. The molecule has 0 bridgehead atoms. The highest BCUT2D eigenvalue weighted by atomic mass is 19.1. The normalized spacial score (nSPS) is 22.2. The summed E-state index contributed by atoms with van der Waals surface area (Å²) in [6.07, 6.45) is 2.27. The molecule has 0 spiro atoms. The molecule has 1 saturated carbocycles. The van der Waals surface area contributed by atoms with Crippen LogP contribution in [0.15, 0.2) is 18.2 Å². The van der Waals surface area contributed by atoms with Gasteiger partial charge in [0, 0.05) is 18.2 Å². The molecule has 0 aromatic heterocycles. The lowest BCUT2D eigenvalue weighted by atomic mass is 10.0. The van der Waals surface area contributed by atoms with Gasteiger partial charge in [-0.05, 0) is 18.9 Å². The van der Waals surface area contributed by atoms with Gasteiger partial charge in [0.2, 0.25) is 5.91 Å². The minimum Gasteiger partial charge on any atom is -0.327 e. The summed E-state index contributed by atoms with van der Waals surface area (Å²) in [4.78, 5) is 21.9. The van der Waals surface area contributed by atoms with Crippen LogP contribution in [0.4, 0.5) is 15.8 Å². The van der Waals surface area contributed by atoms with Crippen LogP contribution in [0.5, 0.6) is 0 Å². The zero-order valence-corrected chi connectivity index (χ0v) is 10.1. The summed E-state index contributed by atoms with van der Waals surface area (Å²) in [5, 5.41) is 13.0. The zero-order chi connectivity index (χ0) is 14.0. The predicted octanol–water partition coefficient (Wildman–Crippen LogP) is 1.80. The van der Waals surface area contributed by atoms with E-state index >= 15 is 0 Å². The first kappa shape index (κ1) is 13.4. The zero-order valence-electron chi connectivity index (χ0n) is 10.1. The third-order valence-electron chi connectivity index (χ3n) is 3.32. The molecule has 2 rings (SSSR count). The third kappa shape index (κ3) is 2.87. The summed E-state index contributed by atoms with van der Waals surface area (Å²) < 4.78 is 13.5. The summed E-state index contributed by atoms with van der Waals surface area (Å²) in [7, 11) is 0. The molecule has 2 unspecified atom stereocenters. The number of hydrogen-bond acceptors (Lipinski definition) is 4. The second-order valence-electron chi connectivity index (χ2n) is 4.61. The van der Waals surface area contributed by atoms with Gasteiger partial charge >= 0.3 is 0 Å². The molecular formula is C12H14FN3O3. The van der Waals surface area contributed by atoms with E-state index in [2.05, 4.69) is 5.32 Å². The number of non-ortho nitro benzene ring substituents is 1. The quantitative estimate of drug-likeness (QED) is 0.644. The Morgan fingerprint density at radius 1 is 1.47 bits per heavy atom. The monoisotopic (exact) mass is 267 g/mol. The molecule has 0 aliphatic heterocycles. The molecule has 1 fully saturated rings. The van der Waals surface area contributed by atoms with Crippen molar-refractivity contribution in [1.82, 2.24) is 0 Å². The van der Waals surface area contributed by atoms with E-state index in [9.17, 15) is 19.3 Å². The molecule has 6 nitrogen and oxygen atoms in total. The molecule has 0 saturated heterocycles. The van der Waals surface area contributed by atoms with Crippen LogP contribution in [-0.4, -0.2) is 16.9 Å². The van der Waals surface area contributed by atoms with Crippen LogP contribution >= 0.6 is 0 Å². The Morgan fingerprint density at radius 3 is 2.79 bits per heavy atom. The van der Waals surface area contributed by atoms with Crippen molar-refractivity contribution in [3.63, 3.8) is 0 Å². The molecule has 0 radical (unpaired) electrons. The van der Waals surface area contributed by atoms with Gasteiger partial charge in [-0.3, -0.25) is 14.9 Å². The van der Waals surface area contributed by atoms with E-state index in [0.717, 1.165) is 31.0 Å². The standard InChI is InChI=1S/C12H14FN3O3/c13-9-5-4-7(16(18)19)6-11(9)15-12(17)8-2-1-3-10(8)14/h4-6,8,10H,1-3,14H2,(H,15,17). The molecule has 7 heteroatoms. The fraction of sp³-hybridized carbons (Fsp3) is 0.417. The molecular weight excluding hydrogens is 253 g/mol. The van der Waals surface area contributed by atoms with Crippen LogP contribution in [0.2, 0.25) is 0 Å². The van der Waals surface area contributed by atoms with E-state index in [1.807, 2.05) is 0 Å². The fourth-order valence-corrected chi connectivity index (χ4v) is 2.26. The molecule has 1 aliphatic carbocycles. The number of benzene rings is 1. The maximum atomic E-state index is 13.5. The lowest BCUT2D eigenvalue weighted by Crippen LogP contribution is -2.34. The van der Waals surface area contributed by atoms with E-state index < -0.39 is 10.7 Å². The minimum atomic E-state index is -0.703. The molecule has 0 heterocycles. The SMILES string of the molecule is NC1CCCC1C(=O)Nc1cc([N+](=O)[O-])ccc1F. The molecule has 3 N–H and O–H groups in total. The number of nitro groups is 1. The minimum absolute atomic E-state index is 0.182. The van der Waals surface area contributed by atoms with Gasteiger partial charge in [-0.15, -0.1) is 0 Å². The molecule has 102 valence electrons. The average molecular weight is 267 g/mol. The van der Waals surface area contributed by atoms with E-state index in [4.69, 9.17) is 5.73 Å². The van der Waals surface area contributed by atoms with E-state index in [1.165, 1.54) is 0 Å². The van der Waals surface area contributed by atoms with Gasteiger partial charge in [0.25, 0.3) is 5.69 Å². The summed E-state index contributed by atoms with van der Waals surface area (Å²) in [5.41, 5.74) is 5.33. The van der Waals surface area contributed by atoms with Crippen molar-refractivity contribution < 1.29 is 14.1 Å². The highest BCUT2D eigenvalue weighted by Gasteiger charge is 2.30. The molecule has 1 aromatic carbocycles. The number of anilines is 1. The van der Waals surface area contributed by atoms with Crippen molar-refractivity contribution >= 4 is 17.3 Å². The van der Waals surface area contributed by atoms with Crippen molar-refractivity contribution in [3.8, 4) is 0 Å². The van der Waals surface area contributed by atoms with Crippen molar-refractivity contribution in [1.29, 1.82) is 0 Å². The van der Waals surface area contributed by atoms with Gasteiger partial charge < -0.3 is 11.1 Å². The Labute approximate surface area is 108 Å². The van der Waals surface area contributed by atoms with Gasteiger partial charge in [0.1, 0.15) is 5.82 Å². The Bertz CT molecular complexity index is 521. The van der Waals surface area contributed by atoms with Crippen molar-refractivity contribution in [3.05, 3.63) is 34.1 Å². The summed E-state index contributed by atoms with van der Waals surface area (Å²) >= 11 is 0. The predicted molar refractivity (Wildman–Crippen MR) is 67.0 cm³/mol. The first-order chi connectivity index (χ1) is 8.99. The number of nitro benzene ring substituents is 1. The second-order valence-corrected chi connectivity index (χ2v) is 4.61. The van der Waals surface area contributed by atoms with Crippen molar-refractivity contribution in [2.75, 3.05) is 5.32 Å². The van der Waals surface area contributed by atoms with Crippen LogP contribution in [-0.2, 0) is 4.79 Å². The molecule has 19 heavy (non-hydrogen) atoms. The number of halogens is 1. The Hall–Kier alpha value is -2.02. The third-order valence-corrected chi connectivity index (χ3v) is 3.32. The highest BCUT2D eigenvalue weighted by molar-refractivity contribution is 5.93. The smallest absolute Gasteiger partial charge is 0.271 e. The van der Waals surface area contributed by atoms with Crippen LogP contribution in [0.25, 0.3) is 0 Å². The number of rotatable bonds is 3. The maximum Gasteiger partial charge on any atom is 0.271 e. The topological polar surface area (TPSA) is 98.3 Å². The highest BCUT2D eigenvalue weighted by Crippen LogP contribution is 2.27. The van der Waals surface area contributed by atoms with E-state index in [-0.39, 0.29) is 29.2 Å². The number of nitrogens with two attached hydrogens (primary N) is 1. The first-order valence-corrected chi connectivity index (χ1v) is 5.99. The lowest BCUT2D eigenvalue weighted by Gasteiger charge is -2.15. The Morgan fingerprint density at radius 2 is 2.21 bits per heavy atom. The maximum absolute atomic E-state index is 13.5. The van der Waals surface area contributed by atoms with Gasteiger partial charge in [-0.2, -0.15) is 0 Å². The summed E-state index contributed by atoms with van der Waals surface area (Å²) in [6, 6.07) is 2.78. The van der Waals surface area contributed by atoms with E-state index in [0.29, 0.717) is 6.42 Å². The second kappa shape index (κ2) is 5.31. The van der Waals surface area contributed by atoms with Gasteiger partial charge in [-0.1, -0.05) is 6.42 Å².